The van der Waals surface area contributed by atoms with Crippen molar-refractivity contribution < 1.29 is 18.4 Å². The number of para-hydroxylation sites is 1. The average molecular weight is 353 g/mol. The van der Waals surface area contributed by atoms with Gasteiger partial charge in [0.05, 0.1) is 0 Å². The van der Waals surface area contributed by atoms with Gasteiger partial charge < -0.3 is 10.2 Å². The molecule has 0 bridgehead atoms. The van der Waals surface area contributed by atoms with Gasteiger partial charge in [-0.15, -0.1) is 0 Å². The van der Waals surface area contributed by atoms with Crippen LogP contribution in [0.25, 0.3) is 0 Å². The van der Waals surface area contributed by atoms with E-state index in [1.54, 1.807) is 25.1 Å². The third-order valence-corrected chi connectivity index (χ3v) is 3.54. The molecule has 0 aromatic heterocycles. The minimum Gasteiger partial charge on any atom is -0.330 e. The van der Waals surface area contributed by atoms with Gasteiger partial charge in [-0.3, -0.25) is 9.59 Å². The van der Waals surface area contributed by atoms with Crippen LogP contribution >= 0.6 is 11.6 Å². The molecule has 0 heterocycles. The van der Waals surface area contributed by atoms with Crippen LogP contribution in [0.2, 0.25) is 5.02 Å². The third kappa shape index (κ3) is 4.29. The Balaban J connectivity index is 2.09. The summed E-state index contributed by atoms with van der Waals surface area (Å²) >= 11 is 5.85. The van der Waals surface area contributed by atoms with Gasteiger partial charge in [-0.25, -0.2) is 8.78 Å². The SMILES string of the molecule is CCN(CC(=O)Nc1c(F)cccc1F)C(=O)c1cccc(Cl)c1. The molecule has 1 N–H and O–H groups in total. The van der Waals surface area contributed by atoms with Gasteiger partial charge >= 0.3 is 0 Å². The van der Waals surface area contributed by atoms with Crippen LogP contribution in [0.5, 0.6) is 0 Å². The molecule has 0 atom stereocenters. The molecule has 0 aliphatic carbocycles. The Bertz CT molecular complexity index is 748. The lowest BCUT2D eigenvalue weighted by Crippen LogP contribution is -2.38. The maximum absolute atomic E-state index is 13.5. The molecule has 126 valence electrons. The molecular formula is C17H15ClF2N2O2. The van der Waals surface area contributed by atoms with Crippen LogP contribution in [-0.2, 0) is 4.79 Å². The molecule has 0 saturated carbocycles. The first-order chi connectivity index (χ1) is 11.4. The number of likely N-dealkylation sites (N-methyl/N-ethyl adjacent to an activating group) is 1. The van der Waals surface area contributed by atoms with Crippen LogP contribution in [0.1, 0.15) is 17.3 Å². The van der Waals surface area contributed by atoms with Crippen molar-refractivity contribution in [3.63, 3.8) is 0 Å². The zero-order valence-corrected chi connectivity index (χ0v) is 13.6. The monoisotopic (exact) mass is 352 g/mol. The number of rotatable bonds is 5. The van der Waals surface area contributed by atoms with E-state index in [-0.39, 0.29) is 13.1 Å². The van der Waals surface area contributed by atoms with Crippen molar-refractivity contribution in [2.75, 3.05) is 18.4 Å². The first-order valence-corrected chi connectivity index (χ1v) is 7.59. The molecule has 7 heteroatoms. The number of nitrogens with zero attached hydrogens (tertiary/aromatic N) is 1. The highest BCUT2D eigenvalue weighted by atomic mass is 35.5. The van der Waals surface area contributed by atoms with Gasteiger partial charge in [0.15, 0.2) is 0 Å². The van der Waals surface area contributed by atoms with E-state index in [2.05, 4.69) is 5.32 Å². The van der Waals surface area contributed by atoms with E-state index in [9.17, 15) is 18.4 Å². The molecule has 0 aliphatic heterocycles. The number of hydrogen-bond acceptors (Lipinski definition) is 2. The average Bonchev–Trinajstić information content (AvgIpc) is 2.55. The van der Waals surface area contributed by atoms with E-state index in [0.717, 1.165) is 12.1 Å². The summed E-state index contributed by atoms with van der Waals surface area (Å²) in [5, 5.41) is 2.55. The van der Waals surface area contributed by atoms with Crippen molar-refractivity contribution in [2.45, 2.75) is 6.92 Å². The van der Waals surface area contributed by atoms with Crippen LogP contribution in [0.3, 0.4) is 0 Å². The number of carbonyl (C=O) groups is 2. The fourth-order valence-corrected chi connectivity index (χ4v) is 2.29. The van der Waals surface area contributed by atoms with Gasteiger partial charge in [-0.05, 0) is 37.3 Å². The van der Waals surface area contributed by atoms with Gasteiger partial charge in [0.25, 0.3) is 5.91 Å². The summed E-state index contributed by atoms with van der Waals surface area (Å²) in [6, 6.07) is 9.58. The highest BCUT2D eigenvalue weighted by molar-refractivity contribution is 6.31. The van der Waals surface area contributed by atoms with Gasteiger partial charge in [-0.2, -0.15) is 0 Å². The van der Waals surface area contributed by atoms with E-state index in [1.165, 1.54) is 17.0 Å². The molecule has 2 amide bonds. The molecule has 2 rings (SSSR count). The Morgan fingerprint density at radius 1 is 1.12 bits per heavy atom. The Morgan fingerprint density at radius 3 is 2.33 bits per heavy atom. The molecule has 2 aromatic carbocycles. The molecule has 24 heavy (non-hydrogen) atoms. The normalized spacial score (nSPS) is 10.3. The highest BCUT2D eigenvalue weighted by Gasteiger charge is 2.19. The lowest BCUT2D eigenvalue weighted by Gasteiger charge is -2.20. The minimum absolute atomic E-state index is 0.249. The summed E-state index contributed by atoms with van der Waals surface area (Å²) in [6.45, 7) is 1.60. The lowest BCUT2D eigenvalue weighted by atomic mass is 10.2. The molecule has 0 fully saturated rings. The number of halogens is 3. The second-order valence-corrected chi connectivity index (χ2v) is 5.41. The molecule has 0 unspecified atom stereocenters. The fourth-order valence-electron chi connectivity index (χ4n) is 2.10. The van der Waals surface area contributed by atoms with E-state index in [4.69, 9.17) is 11.6 Å². The number of benzene rings is 2. The summed E-state index contributed by atoms with van der Waals surface area (Å²) in [4.78, 5) is 25.7. The second-order valence-electron chi connectivity index (χ2n) is 4.97. The molecule has 4 nitrogen and oxygen atoms in total. The number of hydrogen-bond donors (Lipinski definition) is 1. The van der Waals surface area contributed by atoms with Crippen LogP contribution in [-0.4, -0.2) is 29.8 Å². The first-order valence-electron chi connectivity index (χ1n) is 7.21. The van der Waals surface area contributed by atoms with E-state index in [0.29, 0.717) is 10.6 Å². The lowest BCUT2D eigenvalue weighted by molar-refractivity contribution is -0.116. The standard InChI is InChI=1S/C17H15ClF2N2O2/c1-2-22(17(24)11-5-3-6-12(18)9-11)10-15(23)21-16-13(19)7-4-8-14(16)20/h3-9H,2,10H2,1H3,(H,21,23). The maximum Gasteiger partial charge on any atom is 0.254 e. The highest BCUT2D eigenvalue weighted by Crippen LogP contribution is 2.18. The Labute approximate surface area is 143 Å². The third-order valence-electron chi connectivity index (χ3n) is 3.30. The summed E-state index contributed by atoms with van der Waals surface area (Å²) in [5.74, 6) is -2.86. The fraction of sp³-hybridized carbons (Fsp3) is 0.176. The van der Waals surface area contributed by atoms with Crippen molar-refractivity contribution in [1.82, 2.24) is 4.90 Å². The number of carbonyl (C=O) groups excluding carboxylic acids is 2. The topological polar surface area (TPSA) is 49.4 Å². The van der Waals surface area contributed by atoms with Crippen LogP contribution in [0, 0.1) is 11.6 Å². The largest absolute Gasteiger partial charge is 0.330 e. The van der Waals surface area contributed by atoms with Gasteiger partial charge in [0.1, 0.15) is 23.9 Å². The predicted octanol–water partition coefficient (Wildman–Crippen LogP) is 3.72. The summed E-state index contributed by atoms with van der Waals surface area (Å²) in [5.41, 5.74) is -0.206. The van der Waals surface area contributed by atoms with Crippen molar-refractivity contribution in [2.24, 2.45) is 0 Å². The molecule has 0 aliphatic rings. The van der Waals surface area contributed by atoms with Crippen molar-refractivity contribution in [1.29, 1.82) is 0 Å². The predicted molar refractivity (Wildman–Crippen MR) is 88.0 cm³/mol. The Hall–Kier alpha value is -2.47. The van der Waals surface area contributed by atoms with Crippen molar-refractivity contribution in [3.8, 4) is 0 Å². The number of amides is 2. The Morgan fingerprint density at radius 2 is 1.75 bits per heavy atom. The second kappa shape index (κ2) is 7.88. The molecule has 0 spiro atoms. The van der Waals surface area contributed by atoms with Gasteiger partial charge in [-0.1, -0.05) is 23.7 Å². The summed E-state index contributed by atoms with van der Waals surface area (Å²) in [6.07, 6.45) is 0. The zero-order chi connectivity index (χ0) is 17.7. The molecule has 0 saturated heterocycles. The quantitative estimate of drug-likeness (QED) is 0.891. The van der Waals surface area contributed by atoms with E-state index >= 15 is 0 Å². The molecular weight excluding hydrogens is 338 g/mol. The maximum atomic E-state index is 13.5. The Kier molecular flexibility index (Phi) is 5.87. The first kappa shape index (κ1) is 17.9. The number of anilines is 1. The summed E-state index contributed by atoms with van der Waals surface area (Å²) < 4.78 is 27.1. The summed E-state index contributed by atoms with van der Waals surface area (Å²) in [7, 11) is 0. The van der Waals surface area contributed by atoms with E-state index in [1.807, 2.05) is 0 Å². The minimum atomic E-state index is -0.882. The van der Waals surface area contributed by atoms with Crippen LogP contribution < -0.4 is 5.32 Å². The van der Waals surface area contributed by atoms with Gasteiger partial charge in [0.2, 0.25) is 5.91 Å². The smallest absolute Gasteiger partial charge is 0.254 e. The van der Waals surface area contributed by atoms with Crippen molar-refractivity contribution in [3.05, 3.63) is 64.7 Å². The number of nitrogens with one attached hydrogen (secondary N) is 1. The van der Waals surface area contributed by atoms with Crippen molar-refractivity contribution >= 4 is 29.1 Å². The van der Waals surface area contributed by atoms with Crippen LogP contribution in [0.15, 0.2) is 42.5 Å². The molecule has 0 radical (unpaired) electrons. The van der Waals surface area contributed by atoms with Gasteiger partial charge in [0, 0.05) is 17.1 Å². The van der Waals surface area contributed by atoms with E-state index < -0.39 is 29.1 Å². The van der Waals surface area contributed by atoms with Crippen LogP contribution in [0.4, 0.5) is 14.5 Å². The zero-order valence-electron chi connectivity index (χ0n) is 12.9. The molecule has 2 aromatic rings.